The van der Waals surface area contributed by atoms with Gasteiger partial charge in [0.2, 0.25) is 0 Å². The molecule has 8 heteroatoms. The van der Waals surface area contributed by atoms with Gasteiger partial charge in [0.1, 0.15) is 0 Å². The molecule has 4 nitrogen and oxygen atoms in total. The predicted octanol–water partition coefficient (Wildman–Crippen LogP) is -5.69. The molecular formula is H9AlGeLiO4P. The summed E-state index contributed by atoms with van der Waals surface area (Å²) in [5.41, 5.74) is 0. The van der Waals surface area contributed by atoms with Gasteiger partial charge < -0.3 is 1.43 Å². The molecule has 0 aromatic heterocycles. The van der Waals surface area contributed by atoms with Gasteiger partial charge in [-0.1, -0.05) is 0 Å². The van der Waals surface area contributed by atoms with Crippen LogP contribution in [0.2, 0.25) is 0 Å². The summed E-state index contributed by atoms with van der Waals surface area (Å²) in [6.07, 6.45) is 0. The van der Waals surface area contributed by atoms with E-state index in [0.29, 0.717) is 0 Å². The standard InChI is InChI=1S/Al.GeH5O4P.Li.4H/c;1-5-6(2,3)4;;;;;/h;1H3,(H2,2,3,4);;;;;/q;;+1;;;;-1. The quantitative estimate of drug-likeness (QED) is 0.335. The Morgan fingerprint density at radius 3 is 1.75 bits per heavy atom. The minimum absolute atomic E-state index is 0. The van der Waals surface area contributed by atoms with Crippen molar-refractivity contribution in [2.24, 2.45) is 0 Å². The summed E-state index contributed by atoms with van der Waals surface area (Å²) in [6, 6.07) is 0. The van der Waals surface area contributed by atoms with Gasteiger partial charge in [0, 0.05) is 0 Å². The third-order valence-electron chi connectivity index (χ3n) is 0.238. The summed E-state index contributed by atoms with van der Waals surface area (Å²) in [4.78, 5) is 15.5. The molecule has 0 spiro atoms. The SMILES string of the molecule is O=P(O)(O)[O][GeH3].[AlH3].[H-].[Li+]. The Balaban J connectivity index is -0.0000000417. The van der Waals surface area contributed by atoms with Crippen LogP contribution < -0.4 is 18.9 Å². The Labute approximate surface area is 80.0 Å². The van der Waals surface area contributed by atoms with Crippen LogP contribution >= 0.6 is 7.82 Å². The summed E-state index contributed by atoms with van der Waals surface area (Å²) in [6.45, 7) is 0. The molecular weight excluding hydrogens is 202 g/mol. The molecule has 0 aliphatic carbocycles. The monoisotopic (exact) mass is 212 g/mol. The molecule has 0 unspecified atom stereocenters. The van der Waals surface area contributed by atoms with Crippen molar-refractivity contribution in [3.63, 3.8) is 0 Å². The minimum atomic E-state index is -4.06. The van der Waals surface area contributed by atoms with E-state index in [0.717, 1.165) is 0 Å². The molecule has 0 bridgehead atoms. The summed E-state index contributed by atoms with van der Waals surface area (Å²) in [5.74, 6) is 0. The Hall–Kier alpha value is 1.78. The molecule has 0 rings (SSSR count). The Kier molecular flexibility index (Phi) is 14.1. The zero-order chi connectivity index (χ0) is 5.21. The first-order valence-electron chi connectivity index (χ1n) is 1.17. The Morgan fingerprint density at radius 1 is 1.62 bits per heavy atom. The van der Waals surface area contributed by atoms with Crippen LogP contribution in [0.1, 0.15) is 1.43 Å². The zero-order valence-corrected chi connectivity index (χ0v) is 9.25. The van der Waals surface area contributed by atoms with Gasteiger partial charge >= 0.3 is 61.4 Å². The molecule has 0 aliphatic rings. The third kappa shape index (κ3) is 15.7. The van der Waals surface area contributed by atoms with Crippen molar-refractivity contribution in [3.05, 3.63) is 0 Å². The van der Waals surface area contributed by atoms with E-state index in [1.165, 1.54) is 0 Å². The first kappa shape index (κ1) is 16.4. The molecule has 0 aromatic carbocycles. The molecule has 0 amide bonds. The molecule has 0 saturated carbocycles. The van der Waals surface area contributed by atoms with Crippen LogP contribution in [0.3, 0.4) is 0 Å². The van der Waals surface area contributed by atoms with E-state index in [1.54, 1.807) is 0 Å². The van der Waals surface area contributed by atoms with Gasteiger partial charge in [-0.15, -0.1) is 0 Å². The van der Waals surface area contributed by atoms with Crippen LogP contribution in [0, 0.1) is 0 Å². The summed E-state index contributed by atoms with van der Waals surface area (Å²) in [5, 5.41) is 0. The van der Waals surface area contributed by atoms with Crippen molar-refractivity contribution < 1.29 is 38.2 Å². The first-order chi connectivity index (χ1) is 2.56. The number of hydrogen-bond donors (Lipinski definition) is 2. The van der Waals surface area contributed by atoms with Gasteiger partial charge in [-0.05, 0) is 0 Å². The average molecular weight is 211 g/mol. The van der Waals surface area contributed by atoms with E-state index < -0.39 is 7.82 Å². The minimum Gasteiger partial charge on any atom is -1.00 e. The second-order valence-electron chi connectivity index (χ2n) is 0.673. The number of rotatable bonds is 1. The molecule has 0 heterocycles. The van der Waals surface area contributed by atoms with Gasteiger partial charge in [0.25, 0.3) is 0 Å². The van der Waals surface area contributed by atoms with E-state index in [-0.39, 0.29) is 54.5 Å². The second kappa shape index (κ2) is 6.90. The Bertz CT molecular complexity index is 84.6. The largest absolute Gasteiger partial charge is 1.00 e. The predicted molar refractivity (Wildman–Crippen MR) is 34.1 cm³/mol. The van der Waals surface area contributed by atoms with Gasteiger partial charge in [0.15, 0.2) is 17.4 Å². The van der Waals surface area contributed by atoms with E-state index >= 15 is 0 Å². The average Bonchev–Trinajstić information content (AvgIpc) is 1.35. The van der Waals surface area contributed by atoms with Gasteiger partial charge in [0.05, 0.1) is 0 Å². The fourth-order valence-electron chi connectivity index (χ4n) is 0. The molecule has 0 aliphatic heterocycles. The number of phosphoric acid groups is 1. The van der Waals surface area contributed by atoms with Crippen molar-refractivity contribution >= 4 is 42.0 Å². The van der Waals surface area contributed by atoms with Crippen LogP contribution in [0.15, 0.2) is 0 Å². The van der Waals surface area contributed by atoms with Crippen molar-refractivity contribution in [1.82, 2.24) is 0 Å². The summed E-state index contributed by atoms with van der Waals surface area (Å²) >= 11 is -0.216. The van der Waals surface area contributed by atoms with Gasteiger partial charge in [-0.2, -0.15) is 0 Å². The molecule has 0 radical (unpaired) electrons. The van der Waals surface area contributed by atoms with Crippen LogP contribution in [-0.4, -0.2) is 44.0 Å². The van der Waals surface area contributed by atoms with Crippen molar-refractivity contribution in [3.8, 4) is 0 Å². The normalized spacial score (nSPS) is 9.25. The van der Waals surface area contributed by atoms with Crippen LogP contribution in [0.25, 0.3) is 0 Å². The number of hydrogen-bond acceptors (Lipinski definition) is 2. The molecule has 8 heavy (non-hydrogen) atoms. The Morgan fingerprint density at radius 2 is 1.75 bits per heavy atom. The maximum Gasteiger partial charge on any atom is 1.00 e. The van der Waals surface area contributed by atoms with Crippen LogP contribution in [-0.2, 0) is 8.12 Å². The molecule has 0 atom stereocenters. The van der Waals surface area contributed by atoms with Crippen molar-refractivity contribution in [2.75, 3.05) is 0 Å². The molecule has 46 valence electrons. The van der Waals surface area contributed by atoms with Crippen LogP contribution in [0.5, 0.6) is 0 Å². The molecule has 0 saturated heterocycles. The van der Waals surface area contributed by atoms with E-state index in [4.69, 9.17) is 9.79 Å². The van der Waals surface area contributed by atoms with Crippen molar-refractivity contribution in [1.29, 1.82) is 0 Å². The fourth-order valence-corrected chi connectivity index (χ4v) is 0. The van der Waals surface area contributed by atoms with Gasteiger partial charge in [-0.25, -0.2) is 0 Å². The van der Waals surface area contributed by atoms with Crippen molar-refractivity contribution in [2.45, 2.75) is 0 Å². The summed E-state index contributed by atoms with van der Waals surface area (Å²) < 4.78 is 13.3. The van der Waals surface area contributed by atoms with E-state index in [2.05, 4.69) is 3.55 Å². The molecule has 0 aromatic rings. The van der Waals surface area contributed by atoms with Crippen LogP contribution in [0.4, 0.5) is 0 Å². The zero-order valence-electron chi connectivity index (χ0n) is 5.16. The first-order valence-corrected chi connectivity index (χ1v) is 4.42. The third-order valence-corrected chi connectivity index (χ3v) is 3.71. The fraction of sp³-hybridized carbons (Fsp3) is 0. The van der Waals surface area contributed by atoms with E-state index in [1.807, 2.05) is 0 Å². The molecule has 0 fully saturated rings. The maximum atomic E-state index is 9.52. The summed E-state index contributed by atoms with van der Waals surface area (Å²) in [7, 11) is -4.06. The van der Waals surface area contributed by atoms with E-state index in [9.17, 15) is 4.57 Å². The smallest absolute Gasteiger partial charge is 1.00 e. The molecule has 2 N–H and O–H groups in total. The maximum absolute atomic E-state index is 9.52. The van der Waals surface area contributed by atoms with Gasteiger partial charge in [-0.3, -0.25) is 0 Å². The topological polar surface area (TPSA) is 66.8 Å². The second-order valence-corrected chi connectivity index (χ2v) is 4.32.